The molecule has 0 bridgehead atoms. The molecule has 0 aliphatic heterocycles. The summed E-state index contributed by atoms with van der Waals surface area (Å²) >= 11 is 0. The van der Waals surface area contributed by atoms with Crippen LogP contribution in [0.2, 0.25) is 0 Å². The van der Waals surface area contributed by atoms with Gasteiger partial charge in [-0.15, -0.1) is 0 Å². The Labute approximate surface area is 86.3 Å². The number of pyridine rings is 1. The van der Waals surface area contributed by atoms with Gasteiger partial charge in [0.25, 0.3) is 0 Å². The Morgan fingerprint density at radius 2 is 2.47 bits per heavy atom. The van der Waals surface area contributed by atoms with Crippen molar-refractivity contribution in [2.75, 3.05) is 6.61 Å². The molecule has 0 atom stereocenters. The van der Waals surface area contributed by atoms with Crippen molar-refractivity contribution in [2.45, 2.75) is 13.3 Å². The molecular weight excluding hydrogens is 199 g/mol. The maximum absolute atomic E-state index is 13.1. The van der Waals surface area contributed by atoms with Gasteiger partial charge in [0.2, 0.25) is 0 Å². The molecule has 0 radical (unpaired) electrons. The third-order valence-electron chi connectivity index (χ3n) is 1.71. The second-order valence-electron chi connectivity index (χ2n) is 2.71. The van der Waals surface area contributed by atoms with E-state index in [2.05, 4.69) is 9.72 Å². The Bertz CT molecular complexity index is 412. The number of esters is 1. The molecule has 78 valence electrons. The maximum atomic E-state index is 13.1. The molecule has 4 nitrogen and oxygen atoms in total. The summed E-state index contributed by atoms with van der Waals surface area (Å²) in [6, 6.07) is 2.74. The zero-order valence-corrected chi connectivity index (χ0v) is 8.16. The van der Waals surface area contributed by atoms with Crippen molar-refractivity contribution in [1.29, 1.82) is 5.26 Å². The summed E-state index contributed by atoms with van der Waals surface area (Å²) in [4.78, 5) is 14.9. The van der Waals surface area contributed by atoms with Crippen LogP contribution in [0.15, 0.2) is 12.3 Å². The predicted octanol–water partition coefficient (Wildman–Crippen LogP) is 1.20. The first-order chi connectivity index (χ1) is 7.19. The van der Waals surface area contributed by atoms with Gasteiger partial charge in [0.1, 0.15) is 17.4 Å². The molecule has 0 N–H and O–H groups in total. The summed E-state index contributed by atoms with van der Waals surface area (Å²) in [6.45, 7) is 1.91. The number of hydrogen-bond acceptors (Lipinski definition) is 4. The normalized spacial score (nSPS) is 9.40. The van der Waals surface area contributed by atoms with Gasteiger partial charge in [-0.3, -0.25) is 9.78 Å². The second-order valence-corrected chi connectivity index (χ2v) is 2.71. The third-order valence-corrected chi connectivity index (χ3v) is 1.71. The fraction of sp³-hybridized carbons (Fsp3) is 0.300. The Hall–Kier alpha value is -1.96. The molecule has 0 amide bonds. The van der Waals surface area contributed by atoms with Crippen LogP contribution in [0.1, 0.15) is 18.2 Å². The van der Waals surface area contributed by atoms with Crippen LogP contribution in [0.5, 0.6) is 0 Å². The Kier molecular flexibility index (Phi) is 3.75. The lowest BCUT2D eigenvalue weighted by Crippen LogP contribution is -2.10. The largest absolute Gasteiger partial charge is 0.466 e. The van der Waals surface area contributed by atoms with Crippen molar-refractivity contribution in [1.82, 2.24) is 4.98 Å². The Morgan fingerprint density at radius 3 is 3.07 bits per heavy atom. The number of rotatable bonds is 3. The Balaban J connectivity index is 2.91. The van der Waals surface area contributed by atoms with E-state index in [4.69, 9.17) is 5.26 Å². The van der Waals surface area contributed by atoms with Crippen molar-refractivity contribution in [3.8, 4) is 6.07 Å². The molecule has 0 aliphatic rings. The van der Waals surface area contributed by atoms with Crippen LogP contribution in [0.25, 0.3) is 0 Å². The summed E-state index contributed by atoms with van der Waals surface area (Å²) in [6.07, 6.45) is 1.03. The van der Waals surface area contributed by atoms with E-state index in [0.717, 1.165) is 6.07 Å². The van der Waals surface area contributed by atoms with E-state index < -0.39 is 11.8 Å². The van der Waals surface area contributed by atoms with Crippen LogP contribution >= 0.6 is 0 Å². The SMILES string of the molecule is CCOC(=O)Cc1nccc(F)c1C#N. The smallest absolute Gasteiger partial charge is 0.311 e. The van der Waals surface area contributed by atoms with Gasteiger partial charge in [0.05, 0.1) is 18.7 Å². The highest BCUT2D eigenvalue weighted by Crippen LogP contribution is 2.10. The average molecular weight is 208 g/mol. The lowest BCUT2D eigenvalue weighted by atomic mass is 10.1. The van der Waals surface area contributed by atoms with Gasteiger partial charge in [-0.2, -0.15) is 5.26 Å². The topological polar surface area (TPSA) is 63.0 Å². The van der Waals surface area contributed by atoms with Crippen LogP contribution < -0.4 is 0 Å². The molecule has 15 heavy (non-hydrogen) atoms. The van der Waals surface area contributed by atoms with E-state index in [9.17, 15) is 9.18 Å². The second kappa shape index (κ2) is 5.05. The van der Waals surface area contributed by atoms with Crippen molar-refractivity contribution < 1.29 is 13.9 Å². The van der Waals surface area contributed by atoms with Gasteiger partial charge >= 0.3 is 5.97 Å². The average Bonchev–Trinajstić information content (AvgIpc) is 2.18. The molecule has 1 aromatic heterocycles. The first kappa shape index (κ1) is 11.1. The summed E-state index contributed by atoms with van der Waals surface area (Å²) in [5, 5.41) is 8.66. The van der Waals surface area contributed by atoms with E-state index in [-0.39, 0.29) is 24.3 Å². The summed E-state index contributed by atoms with van der Waals surface area (Å²) in [7, 11) is 0. The van der Waals surface area contributed by atoms with Crippen molar-refractivity contribution in [2.24, 2.45) is 0 Å². The van der Waals surface area contributed by atoms with E-state index in [0.29, 0.717) is 0 Å². The highest BCUT2D eigenvalue weighted by atomic mass is 19.1. The first-order valence-electron chi connectivity index (χ1n) is 4.38. The van der Waals surface area contributed by atoms with Gasteiger partial charge in [-0.1, -0.05) is 0 Å². The molecule has 0 saturated carbocycles. The molecule has 1 aromatic rings. The van der Waals surface area contributed by atoms with Crippen LogP contribution in [0, 0.1) is 17.1 Å². The highest BCUT2D eigenvalue weighted by molar-refractivity contribution is 5.72. The molecule has 0 fully saturated rings. The highest BCUT2D eigenvalue weighted by Gasteiger charge is 2.13. The number of nitriles is 1. The number of carbonyl (C=O) groups is 1. The standard InChI is InChI=1S/C10H9FN2O2/c1-2-15-10(14)5-9-7(6-12)8(11)3-4-13-9/h3-4H,2,5H2,1H3. The zero-order valence-electron chi connectivity index (χ0n) is 8.16. The third kappa shape index (κ3) is 2.74. The minimum atomic E-state index is -0.674. The number of hydrogen-bond donors (Lipinski definition) is 0. The molecule has 0 aliphatic carbocycles. The van der Waals surface area contributed by atoms with Gasteiger partial charge in [0.15, 0.2) is 0 Å². The van der Waals surface area contributed by atoms with Crippen LogP contribution in [0.4, 0.5) is 4.39 Å². The first-order valence-corrected chi connectivity index (χ1v) is 4.38. The van der Waals surface area contributed by atoms with Crippen molar-refractivity contribution in [3.63, 3.8) is 0 Å². The molecule has 1 heterocycles. The molecular formula is C10H9FN2O2. The molecule has 5 heteroatoms. The van der Waals surface area contributed by atoms with Crippen molar-refractivity contribution in [3.05, 3.63) is 29.3 Å². The zero-order chi connectivity index (χ0) is 11.3. The number of ether oxygens (including phenoxy) is 1. The monoisotopic (exact) mass is 208 g/mol. The maximum Gasteiger partial charge on any atom is 0.311 e. The Morgan fingerprint density at radius 1 is 1.73 bits per heavy atom. The van der Waals surface area contributed by atoms with Crippen molar-refractivity contribution >= 4 is 5.97 Å². The lowest BCUT2D eigenvalue weighted by Gasteiger charge is -2.03. The summed E-state index contributed by atoms with van der Waals surface area (Å²) in [5.41, 5.74) is -0.0958. The molecule has 0 spiro atoms. The number of halogens is 1. The quantitative estimate of drug-likeness (QED) is 0.700. The van der Waals surface area contributed by atoms with Crippen LogP contribution in [0.3, 0.4) is 0 Å². The van der Waals surface area contributed by atoms with Gasteiger partial charge in [-0.25, -0.2) is 4.39 Å². The fourth-order valence-corrected chi connectivity index (χ4v) is 1.08. The van der Waals surface area contributed by atoms with Gasteiger partial charge in [-0.05, 0) is 13.0 Å². The summed E-state index contributed by atoms with van der Waals surface area (Å²) in [5.74, 6) is -1.20. The minimum absolute atomic E-state index is 0.107. The van der Waals surface area contributed by atoms with Crippen LogP contribution in [-0.2, 0) is 16.0 Å². The lowest BCUT2D eigenvalue weighted by molar-refractivity contribution is -0.142. The fourth-order valence-electron chi connectivity index (χ4n) is 1.08. The molecule has 0 saturated heterocycles. The number of carbonyl (C=O) groups excluding carboxylic acids is 1. The van der Waals surface area contributed by atoms with E-state index in [1.807, 2.05) is 0 Å². The number of aromatic nitrogens is 1. The van der Waals surface area contributed by atoms with E-state index in [1.165, 1.54) is 6.20 Å². The molecule has 0 unspecified atom stereocenters. The van der Waals surface area contributed by atoms with Gasteiger partial charge in [0, 0.05) is 6.20 Å². The molecule has 0 aromatic carbocycles. The minimum Gasteiger partial charge on any atom is -0.466 e. The van der Waals surface area contributed by atoms with Gasteiger partial charge < -0.3 is 4.74 Å². The predicted molar refractivity (Wildman–Crippen MR) is 49.2 cm³/mol. The van der Waals surface area contributed by atoms with E-state index >= 15 is 0 Å². The summed E-state index contributed by atoms with van der Waals surface area (Å²) < 4.78 is 17.7. The number of nitrogens with zero attached hydrogens (tertiary/aromatic N) is 2. The van der Waals surface area contributed by atoms with E-state index in [1.54, 1.807) is 13.0 Å². The molecule has 1 rings (SSSR count). The van der Waals surface area contributed by atoms with Crippen LogP contribution in [-0.4, -0.2) is 17.6 Å².